The molecule has 2 aromatic heterocycles. The highest BCUT2D eigenvalue weighted by atomic mass is 35.5. The first-order valence-electron chi connectivity index (χ1n) is 8.57. The molecule has 1 fully saturated rings. The van der Waals surface area contributed by atoms with Crippen LogP contribution in [-0.2, 0) is 9.47 Å². The number of halogens is 1. The lowest BCUT2D eigenvalue weighted by atomic mass is 10.2. The number of carbonyl (C=O) groups excluding carboxylic acids is 1. The molecule has 10 heteroatoms. The minimum absolute atomic E-state index is 0.174. The molecule has 1 aliphatic rings. The number of ether oxygens (including phenoxy) is 2. The van der Waals surface area contributed by atoms with Crippen LogP contribution in [0, 0.1) is 0 Å². The fourth-order valence-corrected chi connectivity index (χ4v) is 3.34. The number of hydrogen-bond donors (Lipinski definition) is 1. The molecule has 146 valence electrons. The van der Waals surface area contributed by atoms with Gasteiger partial charge in [-0.05, 0) is 20.8 Å². The van der Waals surface area contributed by atoms with Crippen molar-refractivity contribution in [3.63, 3.8) is 0 Å². The Morgan fingerprint density at radius 1 is 1.48 bits per heavy atom. The van der Waals surface area contributed by atoms with Crippen LogP contribution in [0.5, 0.6) is 0 Å². The summed E-state index contributed by atoms with van der Waals surface area (Å²) in [7, 11) is 0. The molecule has 27 heavy (non-hydrogen) atoms. The van der Waals surface area contributed by atoms with Crippen LogP contribution in [0.1, 0.15) is 20.8 Å². The first kappa shape index (κ1) is 19.8. The maximum absolute atomic E-state index is 12.3. The third-order valence-electron chi connectivity index (χ3n) is 3.74. The van der Waals surface area contributed by atoms with Crippen molar-refractivity contribution in [3.8, 4) is 10.6 Å². The van der Waals surface area contributed by atoms with Gasteiger partial charge in [0.2, 0.25) is 0 Å². The smallest absolute Gasteiger partial charge is 0.410 e. The minimum atomic E-state index is -0.522. The molecular weight excluding hydrogens is 390 g/mol. The summed E-state index contributed by atoms with van der Waals surface area (Å²) in [6.07, 6.45) is 1.23. The number of rotatable bonds is 4. The van der Waals surface area contributed by atoms with Crippen molar-refractivity contribution < 1.29 is 14.3 Å². The molecule has 2 aromatic rings. The van der Waals surface area contributed by atoms with Crippen molar-refractivity contribution in [1.29, 1.82) is 0 Å². The Labute approximate surface area is 166 Å². The molecule has 1 atom stereocenters. The maximum Gasteiger partial charge on any atom is 0.410 e. The molecule has 0 spiro atoms. The van der Waals surface area contributed by atoms with E-state index in [1.165, 1.54) is 11.3 Å². The van der Waals surface area contributed by atoms with Crippen molar-refractivity contribution in [2.75, 3.05) is 31.6 Å². The van der Waals surface area contributed by atoms with Gasteiger partial charge in [-0.1, -0.05) is 11.6 Å². The lowest BCUT2D eigenvalue weighted by Gasteiger charge is -2.34. The second kappa shape index (κ2) is 8.37. The summed E-state index contributed by atoms with van der Waals surface area (Å²) in [6, 6.07) is 1.72. The Kier molecular flexibility index (Phi) is 6.13. The molecule has 1 amide bonds. The number of hydrogen-bond acceptors (Lipinski definition) is 8. The molecule has 3 rings (SSSR count). The summed E-state index contributed by atoms with van der Waals surface area (Å²) in [4.78, 5) is 18.9. The van der Waals surface area contributed by atoms with Crippen molar-refractivity contribution >= 4 is 34.7 Å². The average Bonchev–Trinajstić information content (AvgIpc) is 3.13. The first-order valence-corrected chi connectivity index (χ1v) is 9.83. The molecule has 0 saturated carbocycles. The van der Waals surface area contributed by atoms with Gasteiger partial charge in [0.1, 0.15) is 11.3 Å². The van der Waals surface area contributed by atoms with Gasteiger partial charge in [-0.15, -0.1) is 21.5 Å². The molecule has 1 N–H and O–H groups in total. The van der Waals surface area contributed by atoms with Crippen molar-refractivity contribution in [1.82, 2.24) is 20.1 Å². The van der Waals surface area contributed by atoms with Crippen LogP contribution in [-0.4, -0.2) is 64.1 Å². The van der Waals surface area contributed by atoms with E-state index >= 15 is 0 Å². The van der Waals surface area contributed by atoms with Crippen molar-refractivity contribution in [2.24, 2.45) is 0 Å². The van der Waals surface area contributed by atoms with E-state index in [0.717, 1.165) is 10.6 Å². The monoisotopic (exact) mass is 411 g/mol. The quantitative estimate of drug-likeness (QED) is 0.825. The summed E-state index contributed by atoms with van der Waals surface area (Å²) in [5.74, 6) is 0. The zero-order valence-electron chi connectivity index (χ0n) is 15.4. The predicted octanol–water partition coefficient (Wildman–Crippen LogP) is 3.30. The highest BCUT2D eigenvalue weighted by Gasteiger charge is 2.28. The zero-order chi connectivity index (χ0) is 19.4. The summed E-state index contributed by atoms with van der Waals surface area (Å²) >= 11 is 7.47. The standard InChI is InChI=1S/C17H22ClN5O3S/c1-17(2,3)26-16(24)23-4-5-25-11(9-23)7-20-12-6-14(18)21-22-15(12)13-8-19-10-27-13/h6,8,10-11H,4-5,7,9H2,1-3H3,(H,20,21). The van der Waals surface area contributed by atoms with Gasteiger partial charge < -0.3 is 19.7 Å². The predicted molar refractivity (Wildman–Crippen MR) is 104 cm³/mol. The summed E-state index contributed by atoms with van der Waals surface area (Å²) in [5.41, 5.74) is 2.64. The van der Waals surface area contributed by atoms with E-state index in [4.69, 9.17) is 21.1 Å². The topological polar surface area (TPSA) is 89.5 Å². The van der Waals surface area contributed by atoms with E-state index < -0.39 is 5.60 Å². The molecular formula is C17H22ClN5O3S. The van der Waals surface area contributed by atoms with Gasteiger partial charge in [-0.25, -0.2) is 4.79 Å². The van der Waals surface area contributed by atoms with Gasteiger partial charge in [-0.3, -0.25) is 4.98 Å². The Hall–Kier alpha value is -1.97. The van der Waals surface area contributed by atoms with Crippen molar-refractivity contribution in [3.05, 3.63) is 22.9 Å². The Morgan fingerprint density at radius 2 is 2.30 bits per heavy atom. The van der Waals surface area contributed by atoms with E-state index in [1.54, 1.807) is 22.7 Å². The SMILES string of the molecule is CC(C)(C)OC(=O)N1CCOC(CNc2cc(Cl)nnc2-c2cncs2)C1. The molecule has 0 aromatic carbocycles. The fraction of sp³-hybridized carbons (Fsp3) is 0.529. The second-order valence-electron chi connectivity index (χ2n) is 7.10. The van der Waals surface area contributed by atoms with Crippen LogP contribution in [0.15, 0.2) is 17.8 Å². The molecule has 0 bridgehead atoms. The molecule has 8 nitrogen and oxygen atoms in total. The zero-order valence-corrected chi connectivity index (χ0v) is 17.0. The van der Waals surface area contributed by atoms with Gasteiger partial charge >= 0.3 is 6.09 Å². The Morgan fingerprint density at radius 3 is 3.00 bits per heavy atom. The van der Waals surface area contributed by atoms with E-state index in [2.05, 4.69) is 20.5 Å². The molecule has 0 radical (unpaired) electrons. The number of aromatic nitrogens is 3. The van der Waals surface area contributed by atoms with Crippen LogP contribution in [0.4, 0.5) is 10.5 Å². The van der Waals surface area contributed by atoms with Gasteiger partial charge in [0, 0.05) is 25.4 Å². The molecule has 1 aliphatic heterocycles. The third-order valence-corrected chi connectivity index (χ3v) is 4.70. The van der Waals surface area contributed by atoms with E-state index in [9.17, 15) is 4.79 Å². The van der Waals surface area contributed by atoms with E-state index in [-0.39, 0.29) is 12.2 Å². The van der Waals surface area contributed by atoms with Gasteiger partial charge in [0.05, 0.1) is 35.3 Å². The highest BCUT2D eigenvalue weighted by molar-refractivity contribution is 7.13. The largest absolute Gasteiger partial charge is 0.444 e. The number of anilines is 1. The number of carbonyl (C=O) groups is 1. The number of morpholine rings is 1. The molecule has 1 saturated heterocycles. The summed E-state index contributed by atoms with van der Waals surface area (Å²) in [5, 5.41) is 11.7. The minimum Gasteiger partial charge on any atom is -0.444 e. The summed E-state index contributed by atoms with van der Waals surface area (Å²) in [6.45, 7) is 7.47. The summed E-state index contributed by atoms with van der Waals surface area (Å²) < 4.78 is 11.2. The third kappa shape index (κ3) is 5.50. The normalized spacial score (nSPS) is 17.6. The number of thiazole rings is 1. The molecule has 3 heterocycles. The maximum atomic E-state index is 12.3. The van der Waals surface area contributed by atoms with Crippen LogP contribution in [0.2, 0.25) is 5.15 Å². The number of amides is 1. The van der Waals surface area contributed by atoms with Gasteiger partial charge in [0.25, 0.3) is 0 Å². The highest BCUT2D eigenvalue weighted by Crippen LogP contribution is 2.29. The number of nitrogens with one attached hydrogen (secondary N) is 1. The first-order chi connectivity index (χ1) is 12.8. The van der Waals surface area contributed by atoms with Gasteiger partial charge in [0.15, 0.2) is 5.15 Å². The van der Waals surface area contributed by atoms with Crippen LogP contribution in [0.25, 0.3) is 10.6 Å². The van der Waals surface area contributed by atoms with Crippen LogP contribution >= 0.6 is 22.9 Å². The van der Waals surface area contributed by atoms with Gasteiger partial charge in [-0.2, -0.15) is 0 Å². The van der Waals surface area contributed by atoms with Crippen molar-refractivity contribution in [2.45, 2.75) is 32.5 Å². The van der Waals surface area contributed by atoms with E-state index in [0.29, 0.717) is 37.1 Å². The van der Waals surface area contributed by atoms with E-state index in [1.807, 2.05) is 20.8 Å². The molecule has 1 unspecified atom stereocenters. The van der Waals surface area contributed by atoms with Crippen LogP contribution < -0.4 is 5.32 Å². The lowest BCUT2D eigenvalue weighted by molar-refractivity contribution is -0.0371. The fourth-order valence-electron chi connectivity index (χ4n) is 2.58. The average molecular weight is 412 g/mol. The van der Waals surface area contributed by atoms with Crippen LogP contribution in [0.3, 0.4) is 0 Å². The Balaban J connectivity index is 1.63. The second-order valence-corrected chi connectivity index (χ2v) is 8.37. The number of nitrogens with zero attached hydrogens (tertiary/aromatic N) is 4. The lowest BCUT2D eigenvalue weighted by Crippen LogP contribution is -2.49. The molecule has 0 aliphatic carbocycles. The Bertz CT molecular complexity index is 781.